The van der Waals surface area contributed by atoms with Crippen LogP contribution in [0.2, 0.25) is 0 Å². The van der Waals surface area contributed by atoms with Crippen molar-refractivity contribution in [3.05, 3.63) is 0 Å². The SMILES string of the molecule is CO[C@@H]1O[C@H]([C@H](COC(C)=O)OC)[C@@H](OC)[C@H](OC(C)=O)[C@@H]1OC. The number of methoxy groups -OCH3 is 4. The predicted molar refractivity (Wildman–Crippen MR) is 80.2 cm³/mol. The van der Waals surface area contributed by atoms with Gasteiger partial charge in [0.25, 0.3) is 0 Å². The van der Waals surface area contributed by atoms with Gasteiger partial charge in [0.2, 0.25) is 0 Å². The van der Waals surface area contributed by atoms with Gasteiger partial charge in [-0.25, -0.2) is 0 Å². The van der Waals surface area contributed by atoms with Gasteiger partial charge >= 0.3 is 11.9 Å². The molecular weight excluding hydrogens is 324 g/mol. The van der Waals surface area contributed by atoms with Gasteiger partial charge in [-0.2, -0.15) is 0 Å². The number of carbonyl (C=O) groups excluding carboxylic acids is 2. The lowest BCUT2D eigenvalue weighted by Gasteiger charge is -2.45. The molecule has 0 aromatic rings. The summed E-state index contributed by atoms with van der Waals surface area (Å²) in [6.45, 7) is 2.54. The molecule has 1 fully saturated rings. The molecule has 0 amide bonds. The number of hydrogen-bond donors (Lipinski definition) is 0. The van der Waals surface area contributed by atoms with Crippen LogP contribution in [-0.4, -0.2) is 83.8 Å². The van der Waals surface area contributed by atoms with E-state index in [1.165, 1.54) is 42.3 Å². The molecule has 1 rings (SSSR count). The van der Waals surface area contributed by atoms with E-state index in [1.807, 2.05) is 0 Å². The highest BCUT2D eigenvalue weighted by Gasteiger charge is 2.51. The third kappa shape index (κ3) is 5.12. The molecule has 1 aliphatic heterocycles. The van der Waals surface area contributed by atoms with Gasteiger partial charge in [0.05, 0.1) is 0 Å². The van der Waals surface area contributed by atoms with E-state index in [-0.39, 0.29) is 6.61 Å². The zero-order valence-electron chi connectivity index (χ0n) is 14.8. The summed E-state index contributed by atoms with van der Waals surface area (Å²) >= 11 is 0. The number of hydrogen-bond acceptors (Lipinski definition) is 9. The molecule has 0 radical (unpaired) electrons. The lowest BCUT2D eigenvalue weighted by atomic mass is 9.94. The molecule has 140 valence electrons. The summed E-state index contributed by atoms with van der Waals surface area (Å²) in [5.41, 5.74) is 0. The Balaban J connectivity index is 3.07. The molecule has 1 saturated heterocycles. The van der Waals surface area contributed by atoms with Crippen molar-refractivity contribution in [1.29, 1.82) is 0 Å². The first-order valence-electron chi connectivity index (χ1n) is 7.46. The monoisotopic (exact) mass is 350 g/mol. The smallest absolute Gasteiger partial charge is 0.303 e. The van der Waals surface area contributed by atoms with Crippen LogP contribution in [0.15, 0.2) is 0 Å². The molecule has 0 aromatic heterocycles. The van der Waals surface area contributed by atoms with E-state index in [0.29, 0.717) is 0 Å². The van der Waals surface area contributed by atoms with Gasteiger partial charge in [0.1, 0.15) is 31.0 Å². The standard InChI is InChI=1S/C15H26O9/c1-8(16)22-7-10(18-3)11-12(19-4)13(23-9(2)17)14(20-5)15(21-6)24-11/h10-15H,7H2,1-6H3/t10-,11+,12+,13-,14-,15+/m0/s1. The molecule has 9 heteroatoms. The highest BCUT2D eigenvalue weighted by molar-refractivity contribution is 5.66. The topological polar surface area (TPSA) is 98.8 Å². The van der Waals surface area contributed by atoms with Crippen LogP contribution in [-0.2, 0) is 42.7 Å². The molecule has 0 N–H and O–H groups in total. The number of ether oxygens (including phenoxy) is 7. The molecule has 9 nitrogen and oxygen atoms in total. The van der Waals surface area contributed by atoms with Crippen molar-refractivity contribution in [1.82, 2.24) is 0 Å². The summed E-state index contributed by atoms with van der Waals surface area (Å²) in [7, 11) is 5.81. The van der Waals surface area contributed by atoms with Crippen LogP contribution >= 0.6 is 0 Å². The Morgan fingerprint density at radius 3 is 1.96 bits per heavy atom. The van der Waals surface area contributed by atoms with Crippen molar-refractivity contribution in [3.8, 4) is 0 Å². The molecule has 0 bridgehead atoms. The Bertz CT molecular complexity index is 414. The van der Waals surface area contributed by atoms with Gasteiger partial charge < -0.3 is 33.2 Å². The van der Waals surface area contributed by atoms with Crippen molar-refractivity contribution in [2.45, 2.75) is 50.7 Å². The Morgan fingerprint density at radius 2 is 1.54 bits per heavy atom. The summed E-state index contributed by atoms with van der Waals surface area (Å²) < 4.78 is 37.7. The van der Waals surface area contributed by atoms with Gasteiger partial charge in [-0.1, -0.05) is 0 Å². The largest absolute Gasteiger partial charge is 0.463 e. The third-order valence-corrected chi connectivity index (χ3v) is 3.73. The minimum Gasteiger partial charge on any atom is -0.463 e. The molecule has 1 heterocycles. The first-order chi connectivity index (χ1) is 11.4. The normalized spacial score (nSPS) is 31.3. The van der Waals surface area contributed by atoms with Crippen LogP contribution in [0.25, 0.3) is 0 Å². The summed E-state index contributed by atoms with van der Waals surface area (Å²) in [4.78, 5) is 22.5. The molecule has 0 aromatic carbocycles. The maximum absolute atomic E-state index is 11.5. The fraction of sp³-hybridized carbons (Fsp3) is 0.867. The van der Waals surface area contributed by atoms with Crippen LogP contribution in [0.1, 0.15) is 13.8 Å². The van der Waals surface area contributed by atoms with Gasteiger partial charge in [-0.3, -0.25) is 9.59 Å². The highest BCUT2D eigenvalue weighted by Crippen LogP contribution is 2.30. The molecule has 0 saturated carbocycles. The minimum absolute atomic E-state index is 0.0444. The maximum Gasteiger partial charge on any atom is 0.303 e. The van der Waals surface area contributed by atoms with E-state index in [1.54, 1.807) is 0 Å². The van der Waals surface area contributed by atoms with E-state index in [0.717, 1.165) is 0 Å². The summed E-state index contributed by atoms with van der Waals surface area (Å²) in [6, 6.07) is 0. The zero-order valence-corrected chi connectivity index (χ0v) is 14.8. The van der Waals surface area contributed by atoms with E-state index in [4.69, 9.17) is 33.2 Å². The first kappa shape index (κ1) is 20.8. The third-order valence-electron chi connectivity index (χ3n) is 3.73. The summed E-state index contributed by atoms with van der Waals surface area (Å²) in [5.74, 6) is -0.940. The van der Waals surface area contributed by atoms with E-state index < -0.39 is 48.7 Å². The quantitative estimate of drug-likeness (QED) is 0.556. The van der Waals surface area contributed by atoms with E-state index >= 15 is 0 Å². The molecule has 1 aliphatic rings. The average Bonchev–Trinajstić information content (AvgIpc) is 2.54. The number of carbonyl (C=O) groups is 2. The molecule has 0 unspecified atom stereocenters. The average molecular weight is 350 g/mol. The fourth-order valence-corrected chi connectivity index (χ4v) is 2.66. The second-order valence-electron chi connectivity index (χ2n) is 5.26. The minimum atomic E-state index is -0.814. The Labute approximate surface area is 141 Å². The highest BCUT2D eigenvalue weighted by atomic mass is 16.7. The second kappa shape index (κ2) is 9.90. The van der Waals surface area contributed by atoms with Crippen LogP contribution < -0.4 is 0 Å². The van der Waals surface area contributed by atoms with Gasteiger partial charge in [0, 0.05) is 42.3 Å². The van der Waals surface area contributed by atoms with Crippen LogP contribution in [0.5, 0.6) is 0 Å². The molecule has 0 spiro atoms. The Hall–Kier alpha value is -1.26. The van der Waals surface area contributed by atoms with E-state index in [2.05, 4.69) is 0 Å². The van der Waals surface area contributed by atoms with Crippen molar-refractivity contribution < 1.29 is 42.7 Å². The van der Waals surface area contributed by atoms with Crippen LogP contribution in [0.4, 0.5) is 0 Å². The van der Waals surface area contributed by atoms with Crippen molar-refractivity contribution >= 4 is 11.9 Å². The maximum atomic E-state index is 11.5. The van der Waals surface area contributed by atoms with Crippen LogP contribution in [0.3, 0.4) is 0 Å². The molecule has 24 heavy (non-hydrogen) atoms. The van der Waals surface area contributed by atoms with E-state index in [9.17, 15) is 9.59 Å². The molecule has 6 atom stereocenters. The predicted octanol–water partition coefficient (Wildman–Crippen LogP) is -0.102. The summed E-state index contributed by atoms with van der Waals surface area (Å²) in [6.07, 6.45) is -4.34. The Morgan fingerprint density at radius 1 is 0.917 bits per heavy atom. The number of esters is 2. The Kier molecular flexibility index (Phi) is 8.57. The first-order valence-corrected chi connectivity index (χ1v) is 7.46. The lowest BCUT2D eigenvalue weighted by molar-refractivity contribution is -0.316. The van der Waals surface area contributed by atoms with Crippen molar-refractivity contribution in [2.24, 2.45) is 0 Å². The zero-order chi connectivity index (χ0) is 18.3. The molecular formula is C15H26O9. The summed E-state index contributed by atoms with van der Waals surface area (Å²) in [5, 5.41) is 0. The van der Waals surface area contributed by atoms with Gasteiger partial charge in [-0.15, -0.1) is 0 Å². The lowest BCUT2D eigenvalue weighted by Crippen LogP contribution is -2.64. The van der Waals surface area contributed by atoms with Crippen molar-refractivity contribution in [3.63, 3.8) is 0 Å². The van der Waals surface area contributed by atoms with Crippen LogP contribution in [0, 0.1) is 0 Å². The van der Waals surface area contributed by atoms with Gasteiger partial charge in [0.15, 0.2) is 12.4 Å². The second-order valence-corrected chi connectivity index (χ2v) is 5.26. The molecule has 0 aliphatic carbocycles. The fourth-order valence-electron chi connectivity index (χ4n) is 2.66. The van der Waals surface area contributed by atoms with Crippen molar-refractivity contribution in [2.75, 3.05) is 35.0 Å². The number of rotatable bonds is 8. The van der Waals surface area contributed by atoms with Gasteiger partial charge in [-0.05, 0) is 0 Å².